The summed E-state index contributed by atoms with van der Waals surface area (Å²) in [6.07, 6.45) is -0.999. The van der Waals surface area contributed by atoms with Gasteiger partial charge in [-0.2, -0.15) is 0 Å². The zero-order chi connectivity index (χ0) is 11.4. The number of rotatable bonds is 4. The average molecular weight is 210 g/mol. The third-order valence-corrected chi connectivity index (χ3v) is 2.15. The lowest BCUT2D eigenvalue weighted by molar-refractivity contribution is -0.139. The second-order valence-electron chi connectivity index (χ2n) is 3.33. The van der Waals surface area contributed by atoms with Crippen LogP contribution < -0.4 is 11.5 Å². The lowest BCUT2D eigenvalue weighted by Crippen LogP contribution is -2.31. The van der Waals surface area contributed by atoms with Crippen molar-refractivity contribution in [3.05, 3.63) is 29.8 Å². The molecule has 0 heterocycles. The van der Waals surface area contributed by atoms with Gasteiger partial charge >= 0.3 is 5.97 Å². The zero-order valence-electron chi connectivity index (χ0n) is 8.13. The summed E-state index contributed by atoms with van der Waals surface area (Å²) in [5, 5.41) is 18.3. The number of hydrogen-bond donors (Lipinski definition) is 4. The fourth-order valence-electron chi connectivity index (χ4n) is 1.28. The number of nitrogens with two attached hydrogens (primary N) is 2. The van der Waals surface area contributed by atoms with Crippen molar-refractivity contribution in [1.82, 2.24) is 0 Å². The predicted octanol–water partition coefficient (Wildman–Crippen LogP) is 0.104. The third-order valence-electron chi connectivity index (χ3n) is 2.15. The van der Waals surface area contributed by atoms with Crippen LogP contribution in [0.2, 0.25) is 0 Å². The molecule has 0 unspecified atom stereocenters. The molecule has 0 aliphatic heterocycles. The highest BCUT2D eigenvalue weighted by Crippen LogP contribution is 2.23. The van der Waals surface area contributed by atoms with Crippen LogP contribution in [0.3, 0.4) is 0 Å². The molecule has 0 aliphatic carbocycles. The van der Waals surface area contributed by atoms with Crippen LogP contribution in [0.25, 0.3) is 0 Å². The van der Waals surface area contributed by atoms with Gasteiger partial charge in [0.25, 0.3) is 0 Å². The molecule has 82 valence electrons. The first-order valence-corrected chi connectivity index (χ1v) is 4.53. The van der Waals surface area contributed by atoms with Crippen LogP contribution in [0.4, 0.5) is 5.69 Å². The third kappa shape index (κ3) is 2.93. The molecule has 15 heavy (non-hydrogen) atoms. The minimum atomic E-state index is -1.14. The van der Waals surface area contributed by atoms with Crippen molar-refractivity contribution in [3.8, 4) is 0 Å². The summed E-state index contributed by atoms with van der Waals surface area (Å²) in [7, 11) is 0. The highest BCUT2D eigenvalue weighted by molar-refractivity contribution is 5.73. The molecule has 1 rings (SSSR count). The fraction of sp³-hybridized carbons (Fsp3) is 0.300. The van der Waals surface area contributed by atoms with E-state index >= 15 is 0 Å². The quantitative estimate of drug-likeness (QED) is 0.527. The van der Waals surface area contributed by atoms with Crippen LogP contribution in [0.1, 0.15) is 18.1 Å². The second-order valence-corrected chi connectivity index (χ2v) is 3.33. The van der Waals surface area contributed by atoms with E-state index in [2.05, 4.69) is 0 Å². The van der Waals surface area contributed by atoms with Crippen LogP contribution in [-0.4, -0.2) is 22.2 Å². The lowest BCUT2D eigenvalue weighted by atomic mass is 10.0. The Bertz CT molecular complexity index is 354. The van der Waals surface area contributed by atoms with E-state index in [1.54, 1.807) is 24.3 Å². The molecular formula is C10H14N2O3. The first kappa shape index (κ1) is 11.5. The van der Waals surface area contributed by atoms with E-state index in [0.717, 1.165) is 0 Å². The van der Waals surface area contributed by atoms with E-state index in [1.807, 2.05) is 0 Å². The summed E-state index contributed by atoms with van der Waals surface area (Å²) in [5.74, 6) is -1.14. The first-order chi connectivity index (χ1) is 7.02. The maximum atomic E-state index is 10.5. The second kappa shape index (κ2) is 4.77. The number of anilines is 1. The molecule has 0 spiro atoms. The molecule has 0 bridgehead atoms. The van der Waals surface area contributed by atoms with Gasteiger partial charge in [0.15, 0.2) is 0 Å². The summed E-state index contributed by atoms with van der Waals surface area (Å²) in [4.78, 5) is 10.5. The van der Waals surface area contributed by atoms with Crippen LogP contribution in [-0.2, 0) is 4.79 Å². The number of carbonyl (C=O) groups is 1. The van der Waals surface area contributed by atoms with E-state index in [4.69, 9.17) is 16.6 Å². The molecule has 0 saturated carbocycles. The van der Waals surface area contributed by atoms with Crippen LogP contribution in [0.5, 0.6) is 0 Å². The highest BCUT2D eigenvalue weighted by atomic mass is 16.4. The van der Waals surface area contributed by atoms with E-state index in [1.165, 1.54) is 0 Å². The van der Waals surface area contributed by atoms with Gasteiger partial charge in [0.1, 0.15) is 6.04 Å². The topological polar surface area (TPSA) is 110 Å². The molecule has 0 aromatic heterocycles. The maximum absolute atomic E-state index is 10.5. The van der Waals surface area contributed by atoms with Gasteiger partial charge in [-0.15, -0.1) is 0 Å². The Morgan fingerprint density at radius 3 is 2.53 bits per heavy atom. The number of aliphatic hydroxyl groups is 1. The Balaban J connectivity index is 2.73. The van der Waals surface area contributed by atoms with Crippen molar-refractivity contribution < 1.29 is 15.0 Å². The average Bonchev–Trinajstić information content (AvgIpc) is 2.18. The number of nitrogen functional groups attached to an aromatic ring is 1. The van der Waals surface area contributed by atoms with Gasteiger partial charge in [-0.1, -0.05) is 18.2 Å². The predicted molar refractivity (Wildman–Crippen MR) is 56.0 cm³/mol. The van der Waals surface area contributed by atoms with Crippen molar-refractivity contribution in [2.75, 3.05) is 5.73 Å². The largest absolute Gasteiger partial charge is 0.480 e. The maximum Gasteiger partial charge on any atom is 0.320 e. The number of benzene rings is 1. The minimum absolute atomic E-state index is 0.0520. The molecular weight excluding hydrogens is 196 g/mol. The van der Waals surface area contributed by atoms with Gasteiger partial charge < -0.3 is 21.7 Å². The molecule has 5 nitrogen and oxygen atoms in total. The number of carboxylic acid groups (broad SMARTS) is 1. The van der Waals surface area contributed by atoms with Crippen LogP contribution in [0, 0.1) is 0 Å². The van der Waals surface area contributed by atoms with Crippen molar-refractivity contribution in [2.45, 2.75) is 18.6 Å². The number of aliphatic hydroxyl groups excluding tert-OH is 1. The molecule has 0 fully saturated rings. The lowest BCUT2D eigenvalue weighted by Gasteiger charge is -2.15. The van der Waals surface area contributed by atoms with E-state index in [9.17, 15) is 9.90 Å². The van der Waals surface area contributed by atoms with E-state index < -0.39 is 18.1 Å². The fourth-order valence-corrected chi connectivity index (χ4v) is 1.28. The Morgan fingerprint density at radius 1 is 1.40 bits per heavy atom. The van der Waals surface area contributed by atoms with Gasteiger partial charge in [0, 0.05) is 17.7 Å². The first-order valence-electron chi connectivity index (χ1n) is 4.53. The molecule has 6 N–H and O–H groups in total. The molecule has 0 aliphatic rings. The highest BCUT2D eigenvalue weighted by Gasteiger charge is 2.19. The Hall–Kier alpha value is -1.59. The van der Waals surface area contributed by atoms with Gasteiger partial charge in [0.05, 0.1) is 6.10 Å². The number of aliphatic carboxylic acids is 1. The van der Waals surface area contributed by atoms with Gasteiger partial charge in [-0.05, 0) is 6.07 Å². The number of hydrogen-bond acceptors (Lipinski definition) is 4. The molecule has 0 amide bonds. The molecule has 5 heteroatoms. The summed E-state index contributed by atoms with van der Waals surface area (Å²) in [6, 6.07) is 5.67. The van der Waals surface area contributed by atoms with E-state index in [-0.39, 0.29) is 6.42 Å². The standard InChI is InChI=1S/C10H14N2O3/c11-7-4-2-1-3-6(7)9(13)5-8(12)10(14)15/h1-4,8-9,13H,5,11-12H2,(H,14,15)/t8-,9-/m0/s1. The Kier molecular flexibility index (Phi) is 3.65. The van der Waals surface area contributed by atoms with Crippen molar-refractivity contribution in [3.63, 3.8) is 0 Å². The summed E-state index contributed by atoms with van der Waals surface area (Å²) < 4.78 is 0. The zero-order valence-corrected chi connectivity index (χ0v) is 8.13. The van der Waals surface area contributed by atoms with Crippen molar-refractivity contribution in [2.24, 2.45) is 5.73 Å². The van der Waals surface area contributed by atoms with Gasteiger partial charge in [-0.3, -0.25) is 4.79 Å². The van der Waals surface area contributed by atoms with Gasteiger partial charge in [-0.25, -0.2) is 0 Å². The normalized spacial score (nSPS) is 14.5. The smallest absolute Gasteiger partial charge is 0.320 e. The van der Waals surface area contributed by atoms with E-state index in [0.29, 0.717) is 11.3 Å². The van der Waals surface area contributed by atoms with Crippen molar-refractivity contribution >= 4 is 11.7 Å². The van der Waals surface area contributed by atoms with Crippen molar-refractivity contribution in [1.29, 1.82) is 0 Å². The summed E-state index contributed by atoms with van der Waals surface area (Å²) in [6.45, 7) is 0. The minimum Gasteiger partial charge on any atom is -0.480 e. The number of carboxylic acids is 1. The van der Waals surface area contributed by atoms with Crippen LogP contribution in [0.15, 0.2) is 24.3 Å². The summed E-state index contributed by atoms with van der Waals surface area (Å²) in [5.41, 5.74) is 11.9. The molecule has 0 radical (unpaired) electrons. The monoisotopic (exact) mass is 210 g/mol. The molecule has 0 saturated heterocycles. The Labute approximate surface area is 87.3 Å². The summed E-state index contributed by atoms with van der Waals surface area (Å²) >= 11 is 0. The SMILES string of the molecule is Nc1ccccc1[C@@H](O)C[C@H](N)C(=O)O. The van der Waals surface area contributed by atoms with Crippen LogP contribution >= 0.6 is 0 Å². The van der Waals surface area contributed by atoms with Gasteiger partial charge in [0.2, 0.25) is 0 Å². The number of para-hydroxylation sites is 1. The Morgan fingerprint density at radius 2 is 2.00 bits per heavy atom. The molecule has 2 atom stereocenters. The molecule has 1 aromatic rings. The molecule has 1 aromatic carbocycles.